The number of hydrogen-bond acceptors (Lipinski definition) is 3. The Bertz CT molecular complexity index is 647. The summed E-state index contributed by atoms with van der Waals surface area (Å²) in [5.41, 5.74) is 4.36. The van der Waals surface area contributed by atoms with Crippen molar-refractivity contribution in [2.45, 2.75) is 13.5 Å². The monoisotopic (exact) mass is 241 g/mol. The van der Waals surface area contributed by atoms with E-state index < -0.39 is 0 Å². The first-order valence-corrected chi connectivity index (χ1v) is 5.90. The maximum Gasteiger partial charge on any atom is 0.201 e. The van der Waals surface area contributed by atoms with Gasteiger partial charge in [-0.05, 0) is 19.1 Å². The maximum absolute atomic E-state index is 4.47. The second-order valence-corrected chi connectivity index (χ2v) is 4.33. The molecular formula is C13H15N5. The van der Waals surface area contributed by atoms with Gasteiger partial charge in [0.1, 0.15) is 0 Å². The molecule has 18 heavy (non-hydrogen) atoms. The predicted molar refractivity (Wildman–Crippen MR) is 71.4 cm³/mol. The molecule has 92 valence electrons. The van der Waals surface area contributed by atoms with Crippen molar-refractivity contribution in [2.75, 3.05) is 5.32 Å². The number of aryl methyl sites for hydroxylation is 1. The molecule has 0 saturated carbocycles. The van der Waals surface area contributed by atoms with E-state index >= 15 is 0 Å². The van der Waals surface area contributed by atoms with Gasteiger partial charge in [0.25, 0.3) is 0 Å². The van der Waals surface area contributed by atoms with Gasteiger partial charge >= 0.3 is 0 Å². The van der Waals surface area contributed by atoms with Crippen LogP contribution in [0.2, 0.25) is 0 Å². The molecule has 0 unspecified atom stereocenters. The number of H-pyrrole nitrogens is 1. The predicted octanol–water partition coefficient (Wildman–Crippen LogP) is 2.22. The number of aromatic amines is 1. The largest absolute Gasteiger partial charge is 0.352 e. The molecule has 2 aromatic heterocycles. The van der Waals surface area contributed by atoms with Gasteiger partial charge in [0.05, 0.1) is 17.2 Å². The topological polar surface area (TPSA) is 58.5 Å². The van der Waals surface area contributed by atoms with Gasteiger partial charge in [-0.15, -0.1) is 0 Å². The molecule has 0 aliphatic heterocycles. The number of anilines is 1. The minimum absolute atomic E-state index is 0.722. The highest BCUT2D eigenvalue weighted by Gasteiger charge is 2.05. The van der Waals surface area contributed by atoms with Gasteiger partial charge in [0.15, 0.2) is 0 Å². The Morgan fingerprint density at radius 2 is 2.17 bits per heavy atom. The van der Waals surface area contributed by atoms with Gasteiger partial charge in [-0.3, -0.25) is 4.68 Å². The first kappa shape index (κ1) is 10.8. The number of hydrogen-bond donors (Lipinski definition) is 2. The minimum Gasteiger partial charge on any atom is -0.352 e. The van der Waals surface area contributed by atoms with Crippen molar-refractivity contribution in [3.8, 4) is 0 Å². The van der Waals surface area contributed by atoms with Crippen LogP contribution in [-0.4, -0.2) is 19.7 Å². The van der Waals surface area contributed by atoms with Gasteiger partial charge in [0, 0.05) is 24.8 Å². The molecule has 0 aliphatic carbocycles. The molecule has 0 amide bonds. The molecule has 1 aromatic carbocycles. The lowest BCUT2D eigenvalue weighted by molar-refractivity contribution is 0.738. The highest BCUT2D eigenvalue weighted by molar-refractivity contribution is 5.77. The molecule has 0 atom stereocenters. The van der Waals surface area contributed by atoms with Crippen LogP contribution in [-0.2, 0) is 13.6 Å². The molecule has 0 radical (unpaired) electrons. The van der Waals surface area contributed by atoms with Crippen LogP contribution in [0.15, 0.2) is 30.5 Å². The van der Waals surface area contributed by atoms with Crippen molar-refractivity contribution in [1.82, 2.24) is 19.7 Å². The lowest BCUT2D eigenvalue weighted by atomic mass is 10.2. The van der Waals surface area contributed by atoms with Crippen LogP contribution in [0.3, 0.4) is 0 Å². The van der Waals surface area contributed by atoms with Gasteiger partial charge in [-0.1, -0.05) is 12.1 Å². The van der Waals surface area contributed by atoms with Crippen molar-refractivity contribution in [2.24, 2.45) is 7.05 Å². The SMILES string of the molecule is Cc1c(CNc2nc3ccccc3[nH]2)cnn1C. The summed E-state index contributed by atoms with van der Waals surface area (Å²) in [5, 5.41) is 7.50. The van der Waals surface area contributed by atoms with E-state index in [2.05, 4.69) is 27.3 Å². The van der Waals surface area contributed by atoms with Crippen molar-refractivity contribution in [3.05, 3.63) is 41.7 Å². The molecular weight excluding hydrogens is 226 g/mol. The maximum atomic E-state index is 4.47. The fourth-order valence-corrected chi connectivity index (χ4v) is 1.93. The molecule has 5 heteroatoms. The zero-order valence-corrected chi connectivity index (χ0v) is 10.4. The average Bonchev–Trinajstić information content (AvgIpc) is 2.92. The number of para-hydroxylation sites is 2. The Morgan fingerprint density at radius 3 is 2.89 bits per heavy atom. The molecule has 0 fully saturated rings. The summed E-state index contributed by atoms with van der Waals surface area (Å²) in [5.74, 6) is 0.791. The Morgan fingerprint density at radius 1 is 1.33 bits per heavy atom. The van der Waals surface area contributed by atoms with Crippen LogP contribution < -0.4 is 5.32 Å². The number of nitrogens with one attached hydrogen (secondary N) is 2. The van der Waals surface area contributed by atoms with E-state index in [1.165, 1.54) is 11.3 Å². The lowest BCUT2D eigenvalue weighted by Crippen LogP contribution is -2.02. The molecule has 5 nitrogen and oxygen atoms in total. The minimum atomic E-state index is 0.722. The normalized spacial score (nSPS) is 11.0. The van der Waals surface area contributed by atoms with E-state index in [4.69, 9.17) is 0 Å². The fraction of sp³-hybridized carbons (Fsp3) is 0.231. The summed E-state index contributed by atoms with van der Waals surface area (Å²) in [6.07, 6.45) is 1.88. The third-order valence-electron chi connectivity index (χ3n) is 3.17. The van der Waals surface area contributed by atoms with Gasteiger partial charge < -0.3 is 10.3 Å². The molecule has 2 N–H and O–H groups in total. The van der Waals surface area contributed by atoms with Crippen molar-refractivity contribution in [3.63, 3.8) is 0 Å². The number of nitrogens with zero attached hydrogens (tertiary/aromatic N) is 3. The van der Waals surface area contributed by atoms with Crippen LogP contribution in [0.5, 0.6) is 0 Å². The summed E-state index contributed by atoms with van der Waals surface area (Å²) in [4.78, 5) is 7.71. The second-order valence-electron chi connectivity index (χ2n) is 4.33. The molecule has 3 rings (SSSR count). The second kappa shape index (κ2) is 4.18. The van der Waals surface area contributed by atoms with Gasteiger partial charge in [0.2, 0.25) is 5.95 Å². The molecule has 0 bridgehead atoms. The Hall–Kier alpha value is -2.30. The fourth-order valence-electron chi connectivity index (χ4n) is 1.93. The molecule has 0 spiro atoms. The first-order valence-electron chi connectivity index (χ1n) is 5.90. The Labute approximate surface area is 105 Å². The summed E-state index contributed by atoms with van der Waals surface area (Å²) < 4.78 is 1.87. The third kappa shape index (κ3) is 1.84. The zero-order valence-electron chi connectivity index (χ0n) is 10.4. The number of benzene rings is 1. The summed E-state index contributed by atoms with van der Waals surface area (Å²) in [6.45, 7) is 2.78. The number of aromatic nitrogens is 4. The average molecular weight is 241 g/mol. The highest BCUT2D eigenvalue weighted by atomic mass is 15.3. The van der Waals surface area contributed by atoms with Crippen LogP contribution in [0.4, 0.5) is 5.95 Å². The van der Waals surface area contributed by atoms with E-state index in [-0.39, 0.29) is 0 Å². The van der Waals surface area contributed by atoms with E-state index in [0.717, 1.165) is 23.5 Å². The van der Waals surface area contributed by atoms with E-state index in [9.17, 15) is 0 Å². The van der Waals surface area contributed by atoms with E-state index in [1.54, 1.807) is 0 Å². The number of imidazole rings is 1. The van der Waals surface area contributed by atoms with Crippen LogP contribution in [0, 0.1) is 6.92 Å². The van der Waals surface area contributed by atoms with Crippen LogP contribution in [0.1, 0.15) is 11.3 Å². The smallest absolute Gasteiger partial charge is 0.201 e. The number of fused-ring (bicyclic) bond motifs is 1. The van der Waals surface area contributed by atoms with Crippen molar-refractivity contribution < 1.29 is 0 Å². The highest BCUT2D eigenvalue weighted by Crippen LogP contribution is 2.14. The number of rotatable bonds is 3. The first-order chi connectivity index (χ1) is 8.74. The standard InChI is InChI=1S/C13H15N5/c1-9-10(8-15-18(9)2)7-14-13-16-11-5-3-4-6-12(11)17-13/h3-6,8H,7H2,1-2H3,(H2,14,16,17). The molecule has 3 aromatic rings. The zero-order chi connectivity index (χ0) is 12.5. The van der Waals surface area contributed by atoms with E-state index in [1.807, 2.05) is 42.2 Å². The third-order valence-corrected chi connectivity index (χ3v) is 3.17. The Kier molecular flexibility index (Phi) is 2.51. The summed E-state index contributed by atoms with van der Waals surface area (Å²) in [7, 11) is 1.94. The molecule has 2 heterocycles. The van der Waals surface area contributed by atoms with E-state index in [0.29, 0.717) is 0 Å². The molecule has 0 saturated heterocycles. The Balaban J connectivity index is 1.79. The quantitative estimate of drug-likeness (QED) is 0.739. The lowest BCUT2D eigenvalue weighted by Gasteiger charge is -2.02. The van der Waals surface area contributed by atoms with Gasteiger partial charge in [-0.2, -0.15) is 5.10 Å². The van der Waals surface area contributed by atoms with Crippen LogP contribution >= 0.6 is 0 Å². The van der Waals surface area contributed by atoms with Crippen molar-refractivity contribution >= 4 is 17.0 Å². The van der Waals surface area contributed by atoms with Gasteiger partial charge in [-0.25, -0.2) is 4.98 Å². The molecule has 0 aliphatic rings. The van der Waals surface area contributed by atoms with Crippen LogP contribution in [0.25, 0.3) is 11.0 Å². The van der Waals surface area contributed by atoms with Crippen molar-refractivity contribution in [1.29, 1.82) is 0 Å². The summed E-state index contributed by atoms with van der Waals surface area (Å²) in [6, 6.07) is 7.99. The summed E-state index contributed by atoms with van der Waals surface area (Å²) >= 11 is 0.